The van der Waals surface area contributed by atoms with Gasteiger partial charge in [0.1, 0.15) is 23.3 Å². The van der Waals surface area contributed by atoms with Gasteiger partial charge in [0.2, 0.25) is 0 Å². The van der Waals surface area contributed by atoms with E-state index >= 15 is 0 Å². The fourth-order valence-electron chi connectivity index (χ4n) is 1.70. The van der Waals surface area contributed by atoms with E-state index in [4.69, 9.17) is 0 Å². The van der Waals surface area contributed by atoms with Crippen molar-refractivity contribution in [1.82, 2.24) is 9.97 Å². The molecule has 0 saturated carbocycles. The molecule has 2 N–H and O–H groups in total. The summed E-state index contributed by atoms with van der Waals surface area (Å²) >= 11 is 0. The Labute approximate surface area is 112 Å². The Morgan fingerprint density at radius 1 is 1.16 bits per heavy atom. The lowest BCUT2D eigenvalue weighted by Gasteiger charge is -2.09. The van der Waals surface area contributed by atoms with E-state index in [9.17, 15) is 4.39 Å². The predicted molar refractivity (Wildman–Crippen MR) is 74.7 cm³/mol. The van der Waals surface area contributed by atoms with E-state index in [1.54, 1.807) is 18.2 Å². The van der Waals surface area contributed by atoms with Gasteiger partial charge in [0, 0.05) is 31.6 Å². The topological polar surface area (TPSA) is 49.8 Å². The van der Waals surface area contributed by atoms with E-state index in [1.807, 2.05) is 20.0 Å². The number of benzene rings is 1. The Balaban J connectivity index is 2.13. The van der Waals surface area contributed by atoms with Gasteiger partial charge < -0.3 is 10.6 Å². The predicted octanol–water partition coefficient (Wildman–Crippen LogP) is 2.83. The first-order chi connectivity index (χ1) is 9.22. The SMILES string of the molecule is CCc1nc(NC)cc(NCc2ccccc2F)n1. The van der Waals surface area contributed by atoms with E-state index in [2.05, 4.69) is 20.6 Å². The molecule has 2 aromatic rings. The summed E-state index contributed by atoms with van der Waals surface area (Å²) < 4.78 is 13.5. The Morgan fingerprint density at radius 2 is 1.89 bits per heavy atom. The minimum Gasteiger partial charge on any atom is -0.373 e. The lowest BCUT2D eigenvalue weighted by Crippen LogP contribution is -2.07. The number of anilines is 2. The highest BCUT2D eigenvalue weighted by atomic mass is 19.1. The monoisotopic (exact) mass is 260 g/mol. The van der Waals surface area contributed by atoms with Crippen molar-refractivity contribution in [2.24, 2.45) is 0 Å². The standard InChI is InChI=1S/C14H17FN4/c1-3-12-18-13(16-2)8-14(19-12)17-9-10-6-4-5-7-11(10)15/h4-8H,3,9H2,1-2H3,(H2,16,17,18,19). The summed E-state index contributed by atoms with van der Waals surface area (Å²) in [6, 6.07) is 8.51. The maximum atomic E-state index is 13.5. The van der Waals surface area contributed by atoms with Crippen LogP contribution in [0.4, 0.5) is 16.0 Å². The van der Waals surface area contributed by atoms with Crippen molar-refractivity contribution >= 4 is 11.6 Å². The zero-order valence-corrected chi connectivity index (χ0v) is 11.1. The fraction of sp³-hybridized carbons (Fsp3) is 0.286. The number of nitrogens with one attached hydrogen (secondary N) is 2. The molecule has 0 amide bonds. The Morgan fingerprint density at radius 3 is 2.58 bits per heavy atom. The second-order valence-electron chi connectivity index (χ2n) is 4.10. The van der Waals surface area contributed by atoms with Crippen molar-refractivity contribution in [3.8, 4) is 0 Å². The summed E-state index contributed by atoms with van der Waals surface area (Å²) in [6.07, 6.45) is 0.754. The van der Waals surface area contributed by atoms with E-state index in [0.29, 0.717) is 17.9 Å². The molecule has 5 heteroatoms. The van der Waals surface area contributed by atoms with Crippen molar-refractivity contribution in [3.05, 3.63) is 47.5 Å². The lowest BCUT2D eigenvalue weighted by atomic mass is 10.2. The molecule has 0 saturated heterocycles. The highest BCUT2D eigenvalue weighted by Crippen LogP contribution is 2.13. The minimum absolute atomic E-state index is 0.214. The number of nitrogens with zero attached hydrogens (tertiary/aromatic N) is 2. The molecule has 0 aliphatic rings. The number of aryl methyl sites for hydroxylation is 1. The van der Waals surface area contributed by atoms with Crippen LogP contribution in [0.5, 0.6) is 0 Å². The van der Waals surface area contributed by atoms with Crippen molar-refractivity contribution in [2.75, 3.05) is 17.7 Å². The first kappa shape index (κ1) is 13.3. The summed E-state index contributed by atoms with van der Waals surface area (Å²) in [6.45, 7) is 2.39. The van der Waals surface area contributed by atoms with Crippen LogP contribution < -0.4 is 10.6 Å². The van der Waals surface area contributed by atoms with Crippen LogP contribution >= 0.6 is 0 Å². The Hall–Kier alpha value is -2.17. The summed E-state index contributed by atoms with van der Waals surface area (Å²) in [5.41, 5.74) is 0.616. The van der Waals surface area contributed by atoms with Crippen LogP contribution in [-0.2, 0) is 13.0 Å². The first-order valence-corrected chi connectivity index (χ1v) is 6.26. The average Bonchev–Trinajstić information content (AvgIpc) is 2.46. The largest absolute Gasteiger partial charge is 0.373 e. The molecule has 0 radical (unpaired) electrons. The van der Waals surface area contributed by atoms with Crippen molar-refractivity contribution in [1.29, 1.82) is 0 Å². The fourth-order valence-corrected chi connectivity index (χ4v) is 1.70. The number of hydrogen-bond donors (Lipinski definition) is 2. The van der Waals surface area contributed by atoms with Crippen LogP contribution in [0.1, 0.15) is 18.3 Å². The molecule has 1 aromatic heterocycles. The molecule has 0 aliphatic heterocycles. The van der Waals surface area contributed by atoms with Gasteiger partial charge in [-0.3, -0.25) is 0 Å². The van der Waals surface area contributed by atoms with Gasteiger partial charge in [-0.15, -0.1) is 0 Å². The van der Waals surface area contributed by atoms with Gasteiger partial charge in [0.25, 0.3) is 0 Å². The van der Waals surface area contributed by atoms with Crippen LogP contribution in [0.25, 0.3) is 0 Å². The zero-order valence-electron chi connectivity index (χ0n) is 11.1. The second kappa shape index (κ2) is 6.13. The van der Waals surface area contributed by atoms with E-state index < -0.39 is 0 Å². The first-order valence-electron chi connectivity index (χ1n) is 6.26. The van der Waals surface area contributed by atoms with Crippen LogP contribution in [-0.4, -0.2) is 17.0 Å². The zero-order chi connectivity index (χ0) is 13.7. The molecule has 100 valence electrons. The molecule has 1 heterocycles. The van der Waals surface area contributed by atoms with Crippen LogP contribution in [0, 0.1) is 5.82 Å². The third kappa shape index (κ3) is 3.40. The third-order valence-corrected chi connectivity index (χ3v) is 2.76. The molecule has 0 atom stereocenters. The van der Waals surface area contributed by atoms with Crippen molar-refractivity contribution < 1.29 is 4.39 Å². The van der Waals surface area contributed by atoms with Crippen LogP contribution in [0.3, 0.4) is 0 Å². The van der Waals surface area contributed by atoms with Gasteiger partial charge in [-0.2, -0.15) is 0 Å². The van der Waals surface area contributed by atoms with Gasteiger partial charge in [-0.05, 0) is 6.07 Å². The number of halogens is 1. The maximum Gasteiger partial charge on any atom is 0.132 e. The number of aromatic nitrogens is 2. The van der Waals surface area contributed by atoms with Gasteiger partial charge in [-0.25, -0.2) is 14.4 Å². The Kier molecular flexibility index (Phi) is 4.28. The van der Waals surface area contributed by atoms with Crippen molar-refractivity contribution in [2.45, 2.75) is 19.9 Å². The van der Waals surface area contributed by atoms with Gasteiger partial charge in [-0.1, -0.05) is 25.1 Å². The third-order valence-electron chi connectivity index (χ3n) is 2.76. The summed E-state index contributed by atoms with van der Waals surface area (Å²) in [7, 11) is 1.81. The Bertz CT molecular complexity index is 535. The molecule has 2 rings (SSSR count). The molecule has 0 unspecified atom stereocenters. The van der Waals surface area contributed by atoms with Gasteiger partial charge in [0.15, 0.2) is 0 Å². The van der Waals surface area contributed by atoms with E-state index in [1.165, 1.54) is 6.07 Å². The van der Waals surface area contributed by atoms with Gasteiger partial charge in [0.05, 0.1) is 0 Å². The smallest absolute Gasteiger partial charge is 0.132 e. The summed E-state index contributed by atoms with van der Waals surface area (Å²) in [5, 5.41) is 6.11. The molecule has 0 spiro atoms. The molecule has 0 aliphatic carbocycles. The van der Waals surface area contributed by atoms with Crippen LogP contribution in [0.15, 0.2) is 30.3 Å². The second-order valence-corrected chi connectivity index (χ2v) is 4.10. The quantitative estimate of drug-likeness (QED) is 0.868. The minimum atomic E-state index is -0.214. The lowest BCUT2D eigenvalue weighted by molar-refractivity contribution is 0.613. The van der Waals surface area contributed by atoms with Crippen molar-refractivity contribution in [3.63, 3.8) is 0 Å². The van der Waals surface area contributed by atoms with E-state index in [0.717, 1.165) is 18.1 Å². The maximum absolute atomic E-state index is 13.5. The molecule has 1 aromatic carbocycles. The van der Waals surface area contributed by atoms with Crippen LogP contribution in [0.2, 0.25) is 0 Å². The van der Waals surface area contributed by atoms with Gasteiger partial charge >= 0.3 is 0 Å². The van der Waals surface area contributed by atoms with E-state index in [-0.39, 0.29) is 5.82 Å². The molecule has 19 heavy (non-hydrogen) atoms. The summed E-state index contributed by atoms with van der Waals surface area (Å²) in [5.74, 6) is 1.99. The average molecular weight is 260 g/mol. The normalized spacial score (nSPS) is 10.3. The molecular weight excluding hydrogens is 243 g/mol. The number of rotatable bonds is 5. The molecule has 4 nitrogen and oxygen atoms in total. The molecule has 0 bridgehead atoms. The highest BCUT2D eigenvalue weighted by molar-refractivity contribution is 5.47. The molecular formula is C14H17FN4. The highest BCUT2D eigenvalue weighted by Gasteiger charge is 2.04. The summed E-state index contributed by atoms with van der Waals surface area (Å²) in [4.78, 5) is 8.67. The molecule has 0 fully saturated rings. The number of hydrogen-bond acceptors (Lipinski definition) is 4.